The van der Waals surface area contributed by atoms with Crippen molar-refractivity contribution in [3.05, 3.63) is 70.0 Å². The number of rotatable bonds is 8. The Morgan fingerprint density at radius 3 is 2.58 bits per heavy atom. The van der Waals surface area contributed by atoms with Crippen molar-refractivity contribution in [2.24, 2.45) is 5.73 Å². The van der Waals surface area contributed by atoms with Gasteiger partial charge in [-0.05, 0) is 42.1 Å². The van der Waals surface area contributed by atoms with E-state index in [0.29, 0.717) is 17.1 Å². The van der Waals surface area contributed by atoms with Crippen molar-refractivity contribution in [3.8, 4) is 0 Å². The molecular weight excluding hydrogens is 466 g/mol. The minimum absolute atomic E-state index is 0.0230. The van der Waals surface area contributed by atoms with Crippen molar-refractivity contribution in [3.63, 3.8) is 0 Å². The summed E-state index contributed by atoms with van der Waals surface area (Å²) in [7, 11) is -3.47. The Morgan fingerprint density at radius 2 is 2.00 bits per heavy atom. The van der Waals surface area contributed by atoms with E-state index in [2.05, 4.69) is 15.0 Å². The van der Waals surface area contributed by atoms with Crippen LogP contribution in [0.25, 0.3) is 0 Å². The number of carbonyl (C=O) groups excluding carboxylic acids is 1. The number of benzene rings is 1. The summed E-state index contributed by atoms with van der Waals surface area (Å²) in [5, 5.41) is 14.9. The predicted octanol–water partition coefficient (Wildman–Crippen LogP) is 2.76. The van der Waals surface area contributed by atoms with Crippen LogP contribution in [0, 0.1) is 0 Å². The first-order chi connectivity index (χ1) is 15.7. The van der Waals surface area contributed by atoms with Gasteiger partial charge in [-0.15, -0.1) is 11.3 Å². The Balaban J connectivity index is 1.82. The SMILES string of the molecule is CCS(=O)(=O)Nc1ccc(C(C(N)=O)N2c3c(C(=O)O)ccnc3NC2c2cccs2)cc1. The van der Waals surface area contributed by atoms with Crippen LogP contribution in [-0.2, 0) is 14.8 Å². The number of fused-ring (bicyclic) bond motifs is 1. The largest absolute Gasteiger partial charge is 0.478 e. The number of nitrogens with two attached hydrogens (primary N) is 1. The number of aromatic nitrogens is 1. The summed E-state index contributed by atoms with van der Waals surface area (Å²) in [6, 6.07) is 10.3. The molecule has 2 atom stereocenters. The highest BCUT2D eigenvalue weighted by Gasteiger charge is 2.42. The smallest absolute Gasteiger partial charge is 0.338 e. The summed E-state index contributed by atoms with van der Waals surface area (Å²) in [6.07, 6.45) is 0.807. The molecule has 0 saturated carbocycles. The monoisotopic (exact) mass is 487 g/mol. The molecule has 0 radical (unpaired) electrons. The van der Waals surface area contributed by atoms with E-state index in [1.165, 1.54) is 42.7 Å². The number of anilines is 3. The average Bonchev–Trinajstić information content (AvgIpc) is 3.43. The van der Waals surface area contributed by atoms with Crippen LogP contribution in [0.15, 0.2) is 54.0 Å². The van der Waals surface area contributed by atoms with Crippen molar-refractivity contribution in [2.75, 3.05) is 20.7 Å². The number of hydrogen-bond donors (Lipinski definition) is 4. The highest BCUT2D eigenvalue weighted by molar-refractivity contribution is 7.92. The summed E-state index contributed by atoms with van der Waals surface area (Å²) in [4.78, 5) is 31.4. The molecule has 2 aromatic heterocycles. The highest BCUT2D eigenvalue weighted by atomic mass is 32.2. The lowest BCUT2D eigenvalue weighted by Gasteiger charge is -2.33. The number of primary amides is 1. The lowest BCUT2D eigenvalue weighted by molar-refractivity contribution is -0.119. The van der Waals surface area contributed by atoms with Gasteiger partial charge in [0, 0.05) is 16.8 Å². The number of sulfonamides is 1. The normalized spacial score (nSPS) is 16.0. The maximum atomic E-state index is 12.7. The van der Waals surface area contributed by atoms with Gasteiger partial charge >= 0.3 is 5.97 Å². The molecule has 2 unspecified atom stereocenters. The van der Waals surface area contributed by atoms with Crippen LogP contribution in [0.3, 0.4) is 0 Å². The molecular formula is C21H21N5O5S2. The Labute approximate surface area is 194 Å². The molecule has 0 saturated heterocycles. The van der Waals surface area contributed by atoms with Gasteiger partial charge in [0.15, 0.2) is 5.82 Å². The number of pyridine rings is 1. The Morgan fingerprint density at radius 1 is 1.27 bits per heavy atom. The van der Waals surface area contributed by atoms with Gasteiger partial charge in [0.25, 0.3) is 0 Å². The zero-order valence-corrected chi connectivity index (χ0v) is 19.1. The van der Waals surface area contributed by atoms with Crippen LogP contribution in [0.2, 0.25) is 0 Å². The molecule has 1 aromatic carbocycles. The second-order valence-electron chi connectivity index (χ2n) is 7.26. The van der Waals surface area contributed by atoms with Crippen LogP contribution >= 0.6 is 11.3 Å². The molecule has 172 valence electrons. The van der Waals surface area contributed by atoms with Crippen molar-refractivity contribution >= 4 is 50.4 Å². The number of nitrogens with one attached hydrogen (secondary N) is 2. The van der Waals surface area contributed by atoms with Crippen molar-refractivity contribution in [1.82, 2.24) is 4.98 Å². The molecule has 0 bridgehead atoms. The minimum atomic E-state index is -3.47. The summed E-state index contributed by atoms with van der Waals surface area (Å²) in [6.45, 7) is 1.52. The molecule has 3 aromatic rings. The average molecular weight is 488 g/mol. The number of amides is 1. The maximum absolute atomic E-state index is 12.7. The molecule has 1 aliphatic heterocycles. The zero-order valence-electron chi connectivity index (χ0n) is 17.4. The fraction of sp³-hybridized carbons (Fsp3) is 0.190. The minimum Gasteiger partial charge on any atom is -0.478 e. The molecule has 3 heterocycles. The van der Waals surface area contributed by atoms with Gasteiger partial charge in [0.2, 0.25) is 15.9 Å². The molecule has 10 nitrogen and oxygen atoms in total. The van der Waals surface area contributed by atoms with Crippen LogP contribution in [0.1, 0.15) is 39.9 Å². The lowest BCUT2D eigenvalue weighted by Crippen LogP contribution is -2.40. The maximum Gasteiger partial charge on any atom is 0.338 e. The highest BCUT2D eigenvalue weighted by Crippen LogP contribution is 2.47. The van der Waals surface area contributed by atoms with Gasteiger partial charge < -0.3 is 21.1 Å². The van der Waals surface area contributed by atoms with Crippen LogP contribution in [0.4, 0.5) is 17.2 Å². The molecule has 0 spiro atoms. The first-order valence-electron chi connectivity index (χ1n) is 9.92. The number of nitrogens with zero attached hydrogens (tertiary/aromatic N) is 2. The molecule has 33 heavy (non-hydrogen) atoms. The van der Waals surface area contributed by atoms with Gasteiger partial charge in [-0.25, -0.2) is 18.2 Å². The number of carboxylic acids is 1. The van der Waals surface area contributed by atoms with E-state index < -0.39 is 34.1 Å². The van der Waals surface area contributed by atoms with Crippen LogP contribution in [0.5, 0.6) is 0 Å². The second kappa shape index (κ2) is 8.71. The topological polar surface area (TPSA) is 155 Å². The Kier molecular flexibility index (Phi) is 5.95. The van der Waals surface area contributed by atoms with Crippen molar-refractivity contribution < 1.29 is 23.1 Å². The third kappa shape index (κ3) is 4.34. The van der Waals surface area contributed by atoms with Crippen LogP contribution in [-0.4, -0.2) is 36.1 Å². The zero-order chi connectivity index (χ0) is 23.8. The van der Waals surface area contributed by atoms with Gasteiger partial charge in [0.05, 0.1) is 17.0 Å². The summed E-state index contributed by atoms with van der Waals surface area (Å²) < 4.78 is 26.2. The molecule has 5 N–H and O–H groups in total. The van der Waals surface area contributed by atoms with Gasteiger partial charge in [-0.1, -0.05) is 18.2 Å². The van der Waals surface area contributed by atoms with Gasteiger partial charge in [0.1, 0.15) is 12.2 Å². The molecule has 1 amide bonds. The van der Waals surface area contributed by atoms with E-state index in [4.69, 9.17) is 5.73 Å². The summed E-state index contributed by atoms with van der Waals surface area (Å²) in [5.41, 5.74) is 6.86. The number of hydrogen-bond acceptors (Lipinski definition) is 8. The third-order valence-corrected chi connectivity index (χ3v) is 7.44. The lowest BCUT2D eigenvalue weighted by atomic mass is 10.0. The number of carboxylic acid groups (broad SMARTS) is 1. The molecule has 0 fully saturated rings. The summed E-state index contributed by atoms with van der Waals surface area (Å²) >= 11 is 1.44. The predicted molar refractivity (Wildman–Crippen MR) is 126 cm³/mol. The third-order valence-electron chi connectivity index (χ3n) is 5.20. The number of aromatic carboxylic acids is 1. The molecule has 4 rings (SSSR count). The van der Waals surface area contributed by atoms with Gasteiger partial charge in [-0.3, -0.25) is 9.52 Å². The number of thiophene rings is 1. The van der Waals surface area contributed by atoms with Crippen molar-refractivity contribution in [1.29, 1.82) is 0 Å². The fourth-order valence-electron chi connectivity index (χ4n) is 3.70. The Hall–Kier alpha value is -3.64. The van der Waals surface area contributed by atoms with Crippen LogP contribution < -0.4 is 20.7 Å². The Bertz CT molecular complexity index is 1290. The van der Waals surface area contributed by atoms with E-state index in [0.717, 1.165) is 4.88 Å². The van der Waals surface area contributed by atoms with E-state index in [1.807, 2.05) is 17.5 Å². The van der Waals surface area contributed by atoms with Crippen molar-refractivity contribution in [2.45, 2.75) is 19.1 Å². The van der Waals surface area contributed by atoms with E-state index in [1.54, 1.807) is 17.0 Å². The van der Waals surface area contributed by atoms with Gasteiger partial charge in [-0.2, -0.15) is 0 Å². The second-order valence-corrected chi connectivity index (χ2v) is 10.3. The summed E-state index contributed by atoms with van der Waals surface area (Å²) in [5.74, 6) is -1.62. The first-order valence-corrected chi connectivity index (χ1v) is 12.5. The molecule has 1 aliphatic rings. The molecule has 0 aliphatic carbocycles. The first kappa shape index (κ1) is 22.6. The molecule has 12 heteroatoms. The quantitative estimate of drug-likeness (QED) is 0.378. The van der Waals surface area contributed by atoms with E-state index in [-0.39, 0.29) is 17.0 Å². The number of carbonyl (C=O) groups is 2. The van der Waals surface area contributed by atoms with E-state index in [9.17, 15) is 23.1 Å². The van der Waals surface area contributed by atoms with E-state index >= 15 is 0 Å². The fourth-order valence-corrected chi connectivity index (χ4v) is 5.11. The standard InChI is InChI=1S/C21H21N5O5S2/c1-2-33(30,31)25-13-7-5-12(6-8-13)16(18(22)27)26-17-14(21(28)29)9-10-23-19(17)24-20(26)15-4-3-11-32-15/h3-11,16,20,25H,2H2,1H3,(H2,22,27)(H,23,24)(H,28,29).